The summed E-state index contributed by atoms with van der Waals surface area (Å²) in [4.78, 5) is 10.3. The van der Waals surface area contributed by atoms with Crippen LogP contribution >= 0.6 is 0 Å². The van der Waals surface area contributed by atoms with E-state index in [1.165, 1.54) is 0 Å². The van der Waals surface area contributed by atoms with Gasteiger partial charge in [0.15, 0.2) is 0 Å². The van der Waals surface area contributed by atoms with Crippen LogP contribution in [0.1, 0.15) is 32.2 Å². The zero-order valence-corrected chi connectivity index (χ0v) is 34.1. The monoisotopic (exact) mass is 918 g/mol. The minimum absolute atomic E-state index is 0. The first kappa shape index (κ1) is 36.3. The molecule has 9 aromatic rings. The van der Waals surface area contributed by atoms with Gasteiger partial charge in [0.05, 0.1) is 22.3 Å². The number of hydrogen-bond donors (Lipinski definition) is 1. The van der Waals surface area contributed by atoms with Gasteiger partial charge in [0, 0.05) is 39.9 Å². The van der Waals surface area contributed by atoms with Gasteiger partial charge in [-0.15, -0.1) is 23.8 Å². The minimum atomic E-state index is -0.670. The van der Waals surface area contributed by atoms with Crippen molar-refractivity contribution < 1.29 is 27.5 Å². The summed E-state index contributed by atoms with van der Waals surface area (Å²) >= 11 is 0. The molecular formula is C52H40N3OPt-. The molecule has 0 aliphatic carbocycles. The molecule has 0 fully saturated rings. The molecule has 0 radical (unpaired) electrons. The van der Waals surface area contributed by atoms with Gasteiger partial charge in [-0.05, 0) is 77.0 Å². The van der Waals surface area contributed by atoms with Gasteiger partial charge in [-0.2, -0.15) is 0 Å². The maximum absolute atomic E-state index is 11.3. The molecule has 5 heteroatoms. The van der Waals surface area contributed by atoms with E-state index in [0.29, 0.717) is 11.4 Å². The summed E-state index contributed by atoms with van der Waals surface area (Å²) in [6, 6.07) is 61.4. The van der Waals surface area contributed by atoms with Crippen molar-refractivity contribution in [1.82, 2.24) is 14.5 Å². The van der Waals surface area contributed by atoms with Crippen molar-refractivity contribution in [3.63, 3.8) is 0 Å². The van der Waals surface area contributed by atoms with Crippen LogP contribution in [0.15, 0.2) is 176 Å². The Morgan fingerprint density at radius 3 is 2.00 bits per heavy atom. The van der Waals surface area contributed by atoms with Crippen LogP contribution in [0.3, 0.4) is 0 Å². The van der Waals surface area contributed by atoms with Crippen molar-refractivity contribution in [2.45, 2.75) is 26.7 Å². The number of benzene rings is 7. The molecule has 57 heavy (non-hydrogen) atoms. The van der Waals surface area contributed by atoms with Crippen molar-refractivity contribution in [2.24, 2.45) is 0 Å². The maximum Gasteiger partial charge on any atom is 0.148 e. The molecule has 0 aliphatic heterocycles. The fourth-order valence-electron chi connectivity index (χ4n) is 7.50. The first-order valence-corrected chi connectivity index (χ1v) is 18.9. The summed E-state index contributed by atoms with van der Waals surface area (Å²) in [5, 5.41) is 11.3. The van der Waals surface area contributed by atoms with Gasteiger partial charge in [-0.3, -0.25) is 9.55 Å². The van der Waals surface area contributed by atoms with Crippen LogP contribution in [0.25, 0.3) is 83.9 Å². The van der Waals surface area contributed by atoms with Crippen molar-refractivity contribution in [1.29, 1.82) is 0 Å². The average molecular weight is 919 g/mol. The third kappa shape index (κ3) is 7.37. The molecule has 2 aromatic heterocycles. The number of para-hydroxylation sites is 2. The Kier molecular flexibility index (Phi) is 10.2. The molecule has 280 valence electrons. The first-order valence-electron chi connectivity index (χ1n) is 19.4. The zero-order valence-electron chi connectivity index (χ0n) is 32.8. The van der Waals surface area contributed by atoms with E-state index in [2.05, 4.69) is 133 Å². The number of rotatable bonds is 8. The Bertz CT molecular complexity index is 2900. The average Bonchev–Trinajstić information content (AvgIpc) is 3.63. The summed E-state index contributed by atoms with van der Waals surface area (Å²) in [7, 11) is 0. The van der Waals surface area contributed by atoms with Crippen molar-refractivity contribution in [3.8, 4) is 78.6 Å². The van der Waals surface area contributed by atoms with Gasteiger partial charge in [-0.1, -0.05) is 157 Å². The topological polar surface area (TPSA) is 50.9 Å². The second kappa shape index (κ2) is 16.0. The van der Waals surface area contributed by atoms with Crippen LogP contribution in [-0.4, -0.2) is 19.6 Å². The molecule has 0 saturated carbocycles. The van der Waals surface area contributed by atoms with E-state index in [1.807, 2.05) is 68.6 Å². The number of aryl methyl sites for hydroxylation is 1. The van der Waals surface area contributed by atoms with Crippen LogP contribution in [0.2, 0.25) is 0 Å². The second-order valence-corrected chi connectivity index (χ2v) is 14.4. The first-order chi connectivity index (χ1) is 27.7. The molecule has 7 aromatic carbocycles. The van der Waals surface area contributed by atoms with Crippen LogP contribution < -0.4 is 0 Å². The molecule has 0 bridgehead atoms. The Balaban J connectivity index is 0.00000469. The van der Waals surface area contributed by atoms with Crippen molar-refractivity contribution in [3.05, 3.63) is 193 Å². The summed E-state index contributed by atoms with van der Waals surface area (Å²) in [5.41, 5.74) is 15.3. The third-order valence-electron chi connectivity index (χ3n) is 10.4. The van der Waals surface area contributed by atoms with Crippen LogP contribution in [0.5, 0.6) is 5.75 Å². The van der Waals surface area contributed by atoms with Crippen molar-refractivity contribution >= 4 is 11.0 Å². The molecule has 0 atom stereocenters. The Morgan fingerprint density at radius 2 is 1.26 bits per heavy atom. The quantitative estimate of drug-likeness (QED) is 0.155. The van der Waals surface area contributed by atoms with E-state index in [0.717, 1.165) is 83.6 Å². The SMILES string of the molecule is [2H]C(C)(C)c1ccc(-c2ccnc(-c3[c-]c(-c4cccc5c4nc(-c4ccccc4O)n5-c4ccc(C)cc4-c4ccccc4)cc(-c4ccccc4)c3)c2)cc1.[Pt]. The predicted molar refractivity (Wildman–Crippen MR) is 231 cm³/mol. The molecule has 0 amide bonds. The predicted octanol–water partition coefficient (Wildman–Crippen LogP) is 13.4. The van der Waals surface area contributed by atoms with E-state index in [1.54, 1.807) is 6.07 Å². The zero-order chi connectivity index (χ0) is 39.1. The van der Waals surface area contributed by atoms with E-state index in [4.69, 9.17) is 11.3 Å². The van der Waals surface area contributed by atoms with Gasteiger partial charge < -0.3 is 5.11 Å². The van der Waals surface area contributed by atoms with E-state index < -0.39 is 5.89 Å². The molecule has 1 N–H and O–H groups in total. The van der Waals surface area contributed by atoms with E-state index in [9.17, 15) is 5.11 Å². The molecular weight excluding hydrogens is 878 g/mol. The molecule has 9 rings (SSSR count). The number of imidazole rings is 1. The molecule has 0 spiro atoms. The number of aromatic hydroxyl groups is 1. The number of phenolic OH excluding ortho intramolecular Hbond substituents is 1. The second-order valence-electron chi connectivity index (χ2n) is 14.4. The fourth-order valence-corrected chi connectivity index (χ4v) is 7.50. The van der Waals surface area contributed by atoms with Gasteiger partial charge in [-0.25, -0.2) is 4.98 Å². The third-order valence-corrected chi connectivity index (χ3v) is 10.4. The number of fused-ring (bicyclic) bond motifs is 1. The summed E-state index contributed by atoms with van der Waals surface area (Å²) in [6.07, 6.45) is 1.85. The normalized spacial score (nSPS) is 11.6. The molecule has 0 unspecified atom stereocenters. The summed E-state index contributed by atoms with van der Waals surface area (Å²) in [5.74, 6) is 0.134. The maximum atomic E-state index is 11.3. The smallest absolute Gasteiger partial charge is 0.148 e. The Hall–Kier alpha value is -6.35. The summed E-state index contributed by atoms with van der Waals surface area (Å²) in [6.45, 7) is 5.92. The van der Waals surface area contributed by atoms with Crippen LogP contribution in [0, 0.1) is 13.0 Å². The van der Waals surface area contributed by atoms with Gasteiger partial charge in [0.1, 0.15) is 11.6 Å². The number of nitrogens with zero attached hydrogens (tertiary/aromatic N) is 3. The van der Waals surface area contributed by atoms with Gasteiger partial charge in [0.25, 0.3) is 0 Å². The van der Waals surface area contributed by atoms with E-state index in [-0.39, 0.29) is 26.8 Å². The van der Waals surface area contributed by atoms with Crippen LogP contribution in [0.4, 0.5) is 0 Å². The minimum Gasteiger partial charge on any atom is -0.507 e. The molecule has 4 nitrogen and oxygen atoms in total. The molecule has 2 heterocycles. The summed E-state index contributed by atoms with van der Waals surface area (Å²) < 4.78 is 10.6. The number of aromatic nitrogens is 3. The van der Waals surface area contributed by atoms with Gasteiger partial charge in [0.2, 0.25) is 0 Å². The van der Waals surface area contributed by atoms with Gasteiger partial charge >= 0.3 is 0 Å². The number of pyridine rings is 1. The molecule has 0 aliphatic rings. The van der Waals surface area contributed by atoms with E-state index >= 15 is 0 Å². The standard InChI is InChI=1S/C52H40N3O.Pt/c1-34(2)36-22-24-38(25-23-36)40-27-28-53-47(33-40)43-31-41(37-13-6-4-7-14-37)30-42(32-43)44-18-12-19-49-51(44)54-52(45-17-10-11-20-50(45)56)55(49)48-26-21-35(3)29-46(48)39-15-8-5-9-16-39;/h4-31,33-34,56H,1-3H3;/q-1;/i34D;. The number of hydrogen-bond acceptors (Lipinski definition) is 3. The van der Waals surface area contributed by atoms with Crippen molar-refractivity contribution in [2.75, 3.05) is 0 Å². The van der Waals surface area contributed by atoms with Crippen LogP contribution in [-0.2, 0) is 21.1 Å². The Morgan fingerprint density at radius 1 is 0.596 bits per heavy atom. The molecule has 0 saturated heterocycles. The largest absolute Gasteiger partial charge is 0.507 e. The fraction of sp³-hybridized carbons (Fsp3) is 0.0769. The number of phenols is 1. The Labute approximate surface area is 349 Å².